The van der Waals surface area contributed by atoms with Gasteiger partial charge in [0.05, 0.1) is 12.2 Å². The van der Waals surface area contributed by atoms with Crippen molar-refractivity contribution in [3.63, 3.8) is 0 Å². The number of nitrogens with one attached hydrogen (secondary N) is 1. The monoisotopic (exact) mass is 288 g/mol. The Labute approximate surface area is 128 Å². The predicted molar refractivity (Wildman–Crippen MR) is 88.0 cm³/mol. The molecule has 2 heterocycles. The van der Waals surface area contributed by atoms with Gasteiger partial charge in [-0.2, -0.15) is 0 Å². The summed E-state index contributed by atoms with van der Waals surface area (Å²) in [7, 11) is 0. The lowest BCUT2D eigenvalue weighted by molar-refractivity contribution is 0.0493. The van der Waals surface area contributed by atoms with Crippen LogP contribution in [0.25, 0.3) is 0 Å². The van der Waals surface area contributed by atoms with Crippen LogP contribution in [0.15, 0.2) is 24.3 Å². The first-order chi connectivity index (χ1) is 10.4. The highest BCUT2D eigenvalue weighted by Crippen LogP contribution is 2.29. The van der Waals surface area contributed by atoms with E-state index in [1.54, 1.807) is 0 Å². The van der Waals surface area contributed by atoms with E-state index in [1.165, 1.54) is 49.9 Å². The Morgan fingerprint density at radius 1 is 1.24 bits per heavy atom. The molecule has 1 saturated heterocycles. The highest BCUT2D eigenvalue weighted by atomic mass is 16.5. The van der Waals surface area contributed by atoms with Crippen LogP contribution < -0.4 is 10.2 Å². The van der Waals surface area contributed by atoms with Crippen molar-refractivity contribution in [2.75, 3.05) is 31.1 Å². The molecule has 0 radical (unpaired) electrons. The van der Waals surface area contributed by atoms with Gasteiger partial charge in [0.15, 0.2) is 0 Å². The van der Waals surface area contributed by atoms with Crippen LogP contribution in [0.1, 0.15) is 38.2 Å². The number of benzene rings is 1. The van der Waals surface area contributed by atoms with E-state index >= 15 is 0 Å². The number of rotatable bonds is 6. The van der Waals surface area contributed by atoms with Gasteiger partial charge < -0.3 is 15.0 Å². The minimum Gasteiger partial charge on any atom is -0.372 e. The van der Waals surface area contributed by atoms with Gasteiger partial charge in [-0.3, -0.25) is 0 Å². The maximum Gasteiger partial charge on any atom is 0.0755 e. The van der Waals surface area contributed by atoms with E-state index in [4.69, 9.17) is 4.74 Å². The van der Waals surface area contributed by atoms with Crippen LogP contribution in [0, 0.1) is 0 Å². The molecule has 3 heteroatoms. The SMILES string of the molecule is CCCNCC1CCC(CN2CCCc3ccccc32)O1. The van der Waals surface area contributed by atoms with Crippen LogP contribution in [-0.2, 0) is 11.2 Å². The lowest BCUT2D eigenvalue weighted by Gasteiger charge is -2.33. The van der Waals surface area contributed by atoms with Crippen LogP contribution in [0.5, 0.6) is 0 Å². The van der Waals surface area contributed by atoms with E-state index in [0.717, 1.165) is 19.6 Å². The summed E-state index contributed by atoms with van der Waals surface area (Å²) in [4.78, 5) is 2.53. The summed E-state index contributed by atoms with van der Waals surface area (Å²) in [6.45, 7) is 6.56. The van der Waals surface area contributed by atoms with Gasteiger partial charge in [0.1, 0.15) is 0 Å². The van der Waals surface area contributed by atoms with Gasteiger partial charge in [0.2, 0.25) is 0 Å². The molecule has 0 amide bonds. The zero-order valence-electron chi connectivity index (χ0n) is 13.2. The van der Waals surface area contributed by atoms with E-state index in [1.807, 2.05) is 0 Å². The van der Waals surface area contributed by atoms with Crippen LogP contribution in [0.3, 0.4) is 0 Å². The van der Waals surface area contributed by atoms with E-state index in [0.29, 0.717) is 12.2 Å². The molecule has 2 aliphatic heterocycles. The number of ether oxygens (including phenoxy) is 1. The van der Waals surface area contributed by atoms with Gasteiger partial charge in [-0.1, -0.05) is 25.1 Å². The van der Waals surface area contributed by atoms with E-state index < -0.39 is 0 Å². The van der Waals surface area contributed by atoms with Crippen molar-refractivity contribution in [2.24, 2.45) is 0 Å². The number of fused-ring (bicyclic) bond motifs is 1. The first kappa shape index (κ1) is 14.9. The topological polar surface area (TPSA) is 24.5 Å². The number of hydrogen-bond donors (Lipinski definition) is 1. The van der Waals surface area contributed by atoms with Crippen molar-refractivity contribution in [1.29, 1.82) is 0 Å². The maximum absolute atomic E-state index is 6.22. The third kappa shape index (κ3) is 3.78. The summed E-state index contributed by atoms with van der Waals surface area (Å²) in [5.74, 6) is 0. The first-order valence-corrected chi connectivity index (χ1v) is 8.56. The zero-order chi connectivity index (χ0) is 14.5. The fourth-order valence-electron chi connectivity index (χ4n) is 3.55. The molecule has 1 fully saturated rings. The Morgan fingerprint density at radius 3 is 3.00 bits per heavy atom. The molecule has 116 valence electrons. The summed E-state index contributed by atoms with van der Waals surface area (Å²) in [5.41, 5.74) is 2.93. The van der Waals surface area contributed by atoms with Crippen LogP contribution in [0.2, 0.25) is 0 Å². The fourth-order valence-corrected chi connectivity index (χ4v) is 3.55. The Morgan fingerprint density at radius 2 is 2.10 bits per heavy atom. The summed E-state index contributed by atoms with van der Waals surface area (Å²) in [6.07, 6.45) is 6.92. The molecular formula is C18H28N2O. The third-order valence-corrected chi connectivity index (χ3v) is 4.62. The summed E-state index contributed by atoms with van der Waals surface area (Å²) in [6, 6.07) is 8.85. The second-order valence-corrected chi connectivity index (χ2v) is 6.34. The Bertz CT molecular complexity index is 449. The maximum atomic E-state index is 6.22. The predicted octanol–water partition coefficient (Wildman–Crippen LogP) is 2.99. The summed E-state index contributed by atoms with van der Waals surface area (Å²) >= 11 is 0. The Hall–Kier alpha value is -1.06. The fraction of sp³-hybridized carbons (Fsp3) is 0.667. The van der Waals surface area contributed by atoms with E-state index in [2.05, 4.69) is 41.4 Å². The minimum absolute atomic E-state index is 0.407. The zero-order valence-corrected chi connectivity index (χ0v) is 13.2. The van der Waals surface area contributed by atoms with E-state index in [9.17, 15) is 0 Å². The average molecular weight is 288 g/mol. The van der Waals surface area contributed by atoms with Crippen molar-refractivity contribution in [3.8, 4) is 0 Å². The molecule has 3 rings (SSSR count). The largest absolute Gasteiger partial charge is 0.372 e. The summed E-state index contributed by atoms with van der Waals surface area (Å²) < 4.78 is 6.22. The molecule has 1 N–H and O–H groups in total. The van der Waals surface area contributed by atoms with Gasteiger partial charge in [-0.15, -0.1) is 0 Å². The Balaban J connectivity index is 1.52. The molecule has 0 saturated carbocycles. The number of anilines is 1. The van der Waals surface area contributed by atoms with E-state index in [-0.39, 0.29) is 0 Å². The smallest absolute Gasteiger partial charge is 0.0755 e. The highest BCUT2D eigenvalue weighted by Gasteiger charge is 2.28. The lowest BCUT2D eigenvalue weighted by atomic mass is 10.0. The summed E-state index contributed by atoms with van der Waals surface area (Å²) in [5, 5.41) is 3.48. The van der Waals surface area contributed by atoms with Gasteiger partial charge in [0, 0.05) is 25.3 Å². The molecule has 2 aliphatic rings. The molecule has 1 aromatic rings. The molecule has 0 spiro atoms. The van der Waals surface area contributed by atoms with Crippen LogP contribution in [-0.4, -0.2) is 38.4 Å². The molecule has 1 aromatic carbocycles. The molecule has 0 aromatic heterocycles. The van der Waals surface area contributed by atoms with Crippen molar-refractivity contribution in [1.82, 2.24) is 5.32 Å². The van der Waals surface area contributed by atoms with Gasteiger partial charge in [-0.05, 0) is 50.3 Å². The average Bonchev–Trinajstić information content (AvgIpc) is 2.96. The molecular weight excluding hydrogens is 260 g/mol. The van der Waals surface area contributed by atoms with Gasteiger partial charge >= 0.3 is 0 Å². The second-order valence-electron chi connectivity index (χ2n) is 6.34. The second kappa shape index (κ2) is 7.28. The molecule has 2 atom stereocenters. The number of hydrogen-bond acceptors (Lipinski definition) is 3. The third-order valence-electron chi connectivity index (χ3n) is 4.62. The first-order valence-electron chi connectivity index (χ1n) is 8.56. The van der Waals surface area contributed by atoms with Gasteiger partial charge in [0.25, 0.3) is 0 Å². The van der Waals surface area contributed by atoms with Crippen molar-refractivity contribution < 1.29 is 4.74 Å². The molecule has 0 aliphatic carbocycles. The number of aryl methyl sites for hydroxylation is 1. The molecule has 2 unspecified atom stereocenters. The van der Waals surface area contributed by atoms with Crippen LogP contribution in [0.4, 0.5) is 5.69 Å². The molecule has 3 nitrogen and oxygen atoms in total. The molecule has 21 heavy (non-hydrogen) atoms. The number of para-hydroxylation sites is 1. The van der Waals surface area contributed by atoms with Crippen molar-refractivity contribution in [3.05, 3.63) is 29.8 Å². The molecule has 0 bridgehead atoms. The highest BCUT2D eigenvalue weighted by molar-refractivity contribution is 5.55. The van der Waals surface area contributed by atoms with Crippen molar-refractivity contribution >= 4 is 5.69 Å². The normalized spacial score (nSPS) is 25.1. The number of nitrogens with zero attached hydrogens (tertiary/aromatic N) is 1. The lowest BCUT2D eigenvalue weighted by Crippen LogP contribution is -2.37. The van der Waals surface area contributed by atoms with Gasteiger partial charge in [-0.25, -0.2) is 0 Å². The standard InChI is InChI=1S/C18H28N2O/c1-2-11-19-13-16-9-10-17(21-16)14-20-12-5-7-15-6-3-4-8-18(15)20/h3-4,6,8,16-17,19H,2,5,7,9-14H2,1H3. The quantitative estimate of drug-likeness (QED) is 0.815. The van der Waals surface area contributed by atoms with Crippen LogP contribution >= 0.6 is 0 Å². The van der Waals surface area contributed by atoms with Crippen molar-refractivity contribution in [2.45, 2.75) is 51.2 Å². The Kier molecular flexibility index (Phi) is 5.15. The minimum atomic E-state index is 0.407.